The maximum atomic E-state index is 12.8. The zero-order valence-corrected chi connectivity index (χ0v) is 21.1. The molecule has 3 aromatic rings. The SMILES string of the molecule is COc1ccc(-c2csc(NC(=O)C3CCN(S(=O)(=O)c4ccc(Cl)s4)CC3)n2)c(OC)c1. The van der Waals surface area contributed by atoms with Gasteiger partial charge in [-0.15, -0.1) is 22.7 Å². The fourth-order valence-electron chi connectivity index (χ4n) is 3.59. The molecule has 4 rings (SSSR count). The van der Waals surface area contributed by atoms with Gasteiger partial charge in [-0.2, -0.15) is 4.31 Å². The van der Waals surface area contributed by atoms with Crippen LogP contribution < -0.4 is 14.8 Å². The van der Waals surface area contributed by atoms with Gasteiger partial charge < -0.3 is 14.8 Å². The van der Waals surface area contributed by atoms with Crippen molar-refractivity contribution in [2.75, 3.05) is 32.6 Å². The molecule has 8 nitrogen and oxygen atoms in total. The summed E-state index contributed by atoms with van der Waals surface area (Å²) in [6.07, 6.45) is 0.878. The van der Waals surface area contributed by atoms with Crippen molar-refractivity contribution in [2.24, 2.45) is 5.92 Å². The highest BCUT2D eigenvalue weighted by molar-refractivity contribution is 7.91. The number of hydrogen-bond acceptors (Lipinski definition) is 8. The highest BCUT2D eigenvalue weighted by atomic mass is 35.5. The molecule has 1 aromatic carbocycles. The summed E-state index contributed by atoms with van der Waals surface area (Å²) in [7, 11) is -0.421. The quantitative estimate of drug-likeness (QED) is 0.483. The molecule has 0 unspecified atom stereocenters. The van der Waals surface area contributed by atoms with Crippen LogP contribution in [0.25, 0.3) is 11.3 Å². The number of hydrogen-bond donors (Lipinski definition) is 1. The number of methoxy groups -OCH3 is 2. The molecule has 0 aliphatic carbocycles. The zero-order valence-electron chi connectivity index (χ0n) is 17.9. The fourth-order valence-corrected chi connectivity index (χ4v) is 7.41. The molecule has 176 valence electrons. The van der Waals surface area contributed by atoms with Crippen LogP contribution in [-0.2, 0) is 14.8 Å². The number of rotatable bonds is 7. The average molecular weight is 528 g/mol. The minimum atomic E-state index is -3.58. The molecule has 0 saturated carbocycles. The number of carbonyl (C=O) groups is 1. The molecule has 0 atom stereocenters. The van der Waals surface area contributed by atoms with E-state index in [-0.39, 0.29) is 29.1 Å². The second-order valence-electron chi connectivity index (χ2n) is 7.33. The third kappa shape index (κ3) is 5.17. The van der Waals surface area contributed by atoms with Crippen molar-refractivity contribution in [2.45, 2.75) is 17.1 Å². The average Bonchev–Trinajstić information content (AvgIpc) is 3.48. The summed E-state index contributed by atoms with van der Waals surface area (Å²) in [5.41, 5.74) is 1.48. The van der Waals surface area contributed by atoms with Crippen molar-refractivity contribution in [3.8, 4) is 22.8 Å². The fraction of sp³-hybridized carbons (Fsp3) is 0.333. The number of amides is 1. The topological polar surface area (TPSA) is 97.8 Å². The summed E-state index contributed by atoms with van der Waals surface area (Å²) >= 11 is 8.24. The number of sulfonamides is 1. The number of halogens is 1. The third-order valence-electron chi connectivity index (χ3n) is 5.39. The van der Waals surface area contributed by atoms with E-state index in [1.807, 2.05) is 17.5 Å². The number of benzene rings is 1. The molecule has 0 bridgehead atoms. The van der Waals surface area contributed by atoms with Gasteiger partial charge in [-0.1, -0.05) is 11.6 Å². The van der Waals surface area contributed by atoms with Crippen LogP contribution >= 0.6 is 34.3 Å². The first-order chi connectivity index (χ1) is 15.8. The summed E-state index contributed by atoms with van der Waals surface area (Å²) in [5, 5.41) is 5.20. The van der Waals surface area contributed by atoms with Crippen molar-refractivity contribution in [3.05, 3.63) is 40.0 Å². The van der Waals surface area contributed by atoms with Crippen LogP contribution in [0.2, 0.25) is 4.34 Å². The Morgan fingerprint density at radius 1 is 1.18 bits per heavy atom. The highest BCUT2D eigenvalue weighted by Gasteiger charge is 2.33. The number of thiazole rings is 1. The number of aromatic nitrogens is 1. The van der Waals surface area contributed by atoms with Gasteiger partial charge in [0.05, 0.1) is 24.2 Å². The first-order valence-electron chi connectivity index (χ1n) is 10.1. The monoisotopic (exact) mass is 527 g/mol. The van der Waals surface area contributed by atoms with Crippen LogP contribution in [0, 0.1) is 5.92 Å². The Hall–Kier alpha value is -2.18. The zero-order chi connectivity index (χ0) is 23.6. The summed E-state index contributed by atoms with van der Waals surface area (Å²) in [6, 6.07) is 8.54. The van der Waals surface area contributed by atoms with Gasteiger partial charge in [0, 0.05) is 36.0 Å². The molecule has 3 heterocycles. The smallest absolute Gasteiger partial charge is 0.252 e. The van der Waals surface area contributed by atoms with Gasteiger partial charge in [0.25, 0.3) is 10.0 Å². The number of nitrogens with one attached hydrogen (secondary N) is 1. The summed E-state index contributed by atoms with van der Waals surface area (Å²) in [5.74, 6) is 0.855. The van der Waals surface area contributed by atoms with E-state index in [0.29, 0.717) is 39.5 Å². The molecule has 33 heavy (non-hydrogen) atoms. The van der Waals surface area contributed by atoms with Gasteiger partial charge in [0.15, 0.2) is 5.13 Å². The number of nitrogens with zero attached hydrogens (tertiary/aromatic N) is 2. The second-order valence-corrected chi connectivity index (χ2v) is 12.1. The summed E-state index contributed by atoms with van der Waals surface area (Å²) in [6.45, 7) is 0.560. The second kappa shape index (κ2) is 9.98. The lowest BCUT2D eigenvalue weighted by Crippen LogP contribution is -2.41. The van der Waals surface area contributed by atoms with E-state index in [2.05, 4.69) is 10.3 Å². The Labute approximate surface area is 205 Å². The van der Waals surface area contributed by atoms with Gasteiger partial charge in [-0.05, 0) is 37.1 Å². The maximum Gasteiger partial charge on any atom is 0.252 e. The Morgan fingerprint density at radius 2 is 1.94 bits per heavy atom. The van der Waals surface area contributed by atoms with E-state index in [0.717, 1.165) is 16.9 Å². The minimum absolute atomic E-state index is 0.159. The number of thiophene rings is 1. The molecular formula is C21H22ClN3O5S3. The summed E-state index contributed by atoms with van der Waals surface area (Å²) < 4.78 is 38.2. The van der Waals surface area contributed by atoms with Gasteiger partial charge in [0.2, 0.25) is 5.91 Å². The van der Waals surface area contributed by atoms with E-state index in [4.69, 9.17) is 21.1 Å². The van der Waals surface area contributed by atoms with Gasteiger partial charge in [-0.25, -0.2) is 13.4 Å². The molecule has 2 aromatic heterocycles. The van der Waals surface area contributed by atoms with Gasteiger partial charge in [-0.3, -0.25) is 4.79 Å². The number of piperidine rings is 1. The van der Waals surface area contributed by atoms with Crippen LogP contribution in [0.3, 0.4) is 0 Å². The standard InChI is InChI=1S/C21H22ClN3O5S3/c1-29-14-3-4-15(17(11-14)30-2)16-12-31-21(23-16)24-20(26)13-7-9-25(10-8-13)33(27,28)19-6-5-18(22)32-19/h3-6,11-13H,7-10H2,1-2H3,(H,23,24,26). The molecule has 1 aliphatic heterocycles. The van der Waals surface area contributed by atoms with Crippen molar-refractivity contribution in [1.82, 2.24) is 9.29 Å². The molecule has 1 amide bonds. The number of anilines is 1. The molecule has 1 N–H and O–H groups in total. The van der Waals surface area contributed by atoms with E-state index < -0.39 is 10.0 Å². The van der Waals surface area contributed by atoms with Crippen LogP contribution in [0.15, 0.2) is 39.9 Å². The van der Waals surface area contributed by atoms with Crippen LogP contribution in [0.5, 0.6) is 11.5 Å². The van der Waals surface area contributed by atoms with Crippen LogP contribution in [0.1, 0.15) is 12.8 Å². The van der Waals surface area contributed by atoms with E-state index in [1.165, 1.54) is 21.7 Å². The van der Waals surface area contributed by atoms with Gasteiger partial charge >= 0.3 is 0 Å². The molecule has 1 aliphatic rings. The molecule has 1 saturated heterocycles. The summed E-state index contributed by atoms with van der Waals surface area (Å²) in [4.78, 5) is 17.3. The van der Waals surface area contributed by atoms with Crippen LogP contribution in [0.4, 0.5) is 5.13 Å². The molecular weight excluding hydrogens is 506 g/mol. The highest BCUT2D eigenvalue weighted by Crippen LogP contribution is 2.35. The molecule has 0 radical (unpaired) electrons. The third-order valence-corrected chi connectivity index (χ3v) is 9.74. The number of ether oxygens (including phenoxy) is 2. The van der Waals surface area contributed by atoms with Crippen LogP contribution in [-0.4, -0.2) is 50.9 Å². The minimum Gasteiger partial charge on any atom is -0.497 e. The van der Waals surface area contributed by atoms with E-state index in [9.17, 15) is 13.2 Å². The molecule has 1 fully saturated rings. The maximum absolute atomic E-state index is 12.8. The van der Waals surface area contributed by atoms with Crippen molar-refractivity contribution >= 4 is 55.3 Å². The van der Waals surface area contributed by atoms with Crippen molar-refractivity contribution in [3.63, 3.8) is 0 Å². The van der Waals surface area contributed by atoms with Gasteiger partial charge in [0.1, 0.15) is 15.7 Å². The molecule has 12 heteroatoms. The normalized spacial score (nSPS) is 15.4. The Kier molecular flexibility index (Phi) is 7.25. The first-order valence-corrected chi connectivity index (χ1v) is 13.6. The number of carbonyl (C=O) groups excluding carboxylic acids is 1. The lowest BCUT2D eigenvalue weighted by atomic mass is 9.97. The predicted octanol–water partition coefficient (Wildman–Crippen LogP) is 4.58. The van der Waals surface area contributed by atoms with E-state index >= 15 is 0 Å². The Morgan fingerprint density at radius 3 is 2.58 bits per heavy atom. The largest absolute Gasteiger partial charge is 0.497 e. The first kappa shape index (κ1) is 24.0. The lowest BCUT2D eigenvalue weighted by molar-refractivity contribution is -0.120. The molecule has 0 spiro atoms. The van der Waals surface area contributed by atoms with Crippen molar-refractivity contribution < 1.29 is 22.7 Å². The predicted molar refractivity (Wildman–Crippen MR) is 130 cm³/mol. The Bertz CT molecular complexity index is 1250. The lowest BCUT2D eigenvalue weighted by Gasteiger charge is -2.29. The van der Waals surface area contributed by atoms with Crippen molar-refractivity contribution in [1.29, 1.82) is 0 Å². The Balaban J connectivity index is 1.38. The van der Waals surface area contributed by atoms with E-state index in [1.54, 1.807) is 26.4 Å².